The van der Waals surface area contributed by atoms with Crippen molar-refractivity contribution in [1.82, 2.24) is 19.9 Å². The van der Waals surface area contributed by atoms with Gasteiger partial charge in [0, 0.05) is 60.2 Å². The second-order valence-electron chi connectivity index (χ2n) is 8.43. The average Bonchev–Trinajstić information content (AvgIpc) is 3.51. The van der Waals surface area contributed by atoms with Gasteiger partial charge in [-0.2, -0.15) is 0 Å². The Morgan fingerprint density at radius 1 is 1.03 bits per heavy atom. The summed E-state index contributed by atoms with van der Waals surface area (Å²) in [5.41, 5.74) is 6.68. The summed E-state index contributed by atoms with van der Waals surface area (Å²) in [5.74, 6) is 0.618. The summed E-state index contributed by atoms with van der Waals surface area (Å²) in [5, 5.41) is 6.77. The maximum Gasteiger partial charge on any atom is 0.227 e. The van der Waals surface area contributed by atoms with Gasteiger partial charge in [0.15, 0.2) is 0 Å². The van der Waals surface area contributed by atoms with Crippen LogP contribution in [-0.4, -0.2) is 52.6 Å². The molecule has 1 fully saturated rings. The number of benzene rings is 2. The number of anilines is 3. The van der Waals surface area contributed by atoms with Crippen molar-refractivity contribution < 1.29 is 0 Å². The fraction of sp³-hybridized carbons (Fsp3) is 0.231. The second-order valence-corrected chi connectivity index (χ2v) is 9.34. The van der Waals surface area contributed by atoms with Crippen LogP contribution >= 0.6 is 11.3 Å². The van der Waals surface area contributed by atoms with Gasteiger partial charge in [-0.1, -0.05) is 19.1 Å². The van der Waals surface area contributed by atoms with Crippen LogP contribution in [0, 0.1) is 0 Å². The number of aromatic nitrogens is 3. The van der Waals surface area contributed by atoms with Crippen molar-refractivity contribution in [2.24, 2.45) is 0 Å². The number of H-pyrrole nitrogens is 1. The maximum absolute atomic E-state index is 4.87. The lowest BCUT2D eigenvalue weighted by atomic mass is 10.1. The van der Waals surface area contributed by atoms with Crippen molar-refractivity contribution in [2.75, 3.05) is 42.9 Å². The van der Waals surface area contributed by atoms with E-state index in [0.29, 0.717) is 5.95 Å². The summed E-state index contributed by atoms with van der Waals surface area (Å²) in [7, 11) is 0. The summed E-state index contributed by atoms with van der Waals surface area (Å²) >= 11 is 1.68. The molecule has 7 heteroatoms. The van der Waals surface area contributed by atoms with Gasteiger partial charge in [-0.25, -0.2) is 9.97 Å². The molecular formula is C26H26N6S. The first-order valence-electron chi connectivity index (χ1n) is 11.4. The highest BCUT2D eigenvalue weighted by Gasteiger charge is 2.16. The number of likely N-dealkylation sites (N-methyl/N-ethyl adjacent to an activating group) is 1. The second kappa shape index (κ2) is 8.50. The van der Waals surface area contributed by atoms with Crippen molar-refractivity contribution in [2.45, 2.75) is 6.92 Å². The summed E-state index contributed by atoms with van der Waals surface area (Å²) in [6.45, 7) is 7.78. The number of fused-ring (bicyclic) bond motifs is 2. The van der Waals surface area contributed by atoms with Gasteiger partial charge in [0.25, 0.3) is 0 Å². The quantitative estimate of drug-likeness (QED) is 0.355. The lowest BCUT2D eigenvalue weighted by Crippen LogP contribution is -2.46. The van der Waals surface area contributed by atoms with Crippen molar-refractivity contribution in [1.29, 1.82) is 0 Å². The van der Waals surface area contributed by atoms with E-state index in [1.165, 1.54) is 11.1 Å². The van der Waals surface area contributed by atoms with Crippen LogP contribution in [0.15, 0.2) is 66.3 Å². The van der Waals surface area contributed by atoms with Crippen LogP contribution < -0.4 is 10.2 Å². The first-order chi connectivity index (χ1) is 16.3. The lowest BCUT2D eigenvalue weighted by molar-refractivity contribution is 0.271. The van der Waals surface area contributed by atoms with Crippen molar-refractivity contribution in [3.05, 3.63) is 66.3 Å². The number of piperazine rings is 1. The van der Waals surface area contributed by atoms with Crippen LogP contribution in [0.25, 0.3) is 32.2 Å². The molecule has 0 bridgehead atoms. The molecule has 0 spiro atoms. The zero-order valence-electron chi connectivity index (χ0n) is 18.6. The molecule has 6 nitrogen and oxygen atoms in total. The SMILES string of the molecule is CCN1CCN(c2ccc(Nc3ncc4scc(-c5ccc6cc[nH]c6c5)c4n3)cc2)CC1. The van der Waals surface area contributed by atoms with E-state index < -0.39 is 0 Å². The topological polar surface area (TPSA) is 60.1 Å². The van der Waals surface area contributed by atoms with E-state index in [4.69, 9.17) is 4.98 Å². The standard InChI is InChI=1S/C26H26N6S/c1-2-31-11-13-32(14-12-31)21-7-5-20(6-8-21)29-26-28-16-24-25(30-26)22(17-33-24)19-4-3-18-9-10-27-23(18)15-19/h3-10,15-17,27H,2,11-14H2,1H3,(H,28,29,30). The zero-order valence-corrected chi connectivity index (χ0v) is 19.4. The van der Waals surface area contributed by atoms with E-state index in [2.05, 4.69) is 85.9 Å². The van der Waals surface area contributed by atoms with Gasteiger partial charge < -0.3 is 20.1 Å². The molecule has 1 saturated heterocycles. The van der Waals surface area contributed by atoms with Crippen LogP contribution in [0.2, 0.25) is 0 Å². The Kier molecular flexibility index (Phi) is 5.20. The van der Waals surface area contributed by atoms with Crippen molar-refractivity contribution in [3.63, 3.8) is 0 Å². The van der Waals surface area contributed by atoms with E-state index in [1.54, 1.807) is 11.3 Å². The molecule has 0 saturated carbocycles. The molecule has 6 rings (SSSR count). The number of nitrogens with zero attached hydrogens (tertiary/aromatic N) is 4. The maximum atomic E-state index is 4.87. The number of hydrogen-bond acceptors (Lipinski definition) is 6. The molecule has 0 atom stereocenters. The van der Waals surface area contributed by atoms with Gasteiger partial charge >= 0.3 is 0 Å². The summed E-state index contributed by atoms with van der Waals surface area (Å²) in [6.07, 6.45) is 3.88. The van der Waals surface area contributed by atoms with E-state index in [0.717, 1.165) is 65.3 Å². The molecule has 5 aromatic rings. The van der Waals surface area contributed by atoms with Crippen LogP contribution in [0.5, 0.6) is 0 Å². The molecule has 0 amide bonds. The Balaban J connectivity index is 1.23. The number of nitrogens with one attached hydrogen (secondary N) is 2. The summed E-state index contributed by atoms with van der Waals surface area (Å²) < 4.78 is 1.09. The van der Waals surface area contributed by atoms with Crippen molar-refractivity contribution >= 4 is 49.8 Å². The van der Waals surface area contributed by atoms with Gasteiger partial charge in [-0.3, -0.25) is 0 Å². The molecule has 2 aromatic carbocycles. The minimum absolute atomic E-state index is 0.618. The first kappa shape index (κ1) is 20.2. The molecule has 0 unspecified atom stereocenters. The number of aromatic amines is 1. The molecule has 33 heavy (non-hydrogen) atoms. The molecule has 1 aliphatic rings. The normalized spacial score (nSPS) is 14.9. The Bertz CT molecular complexity index is 1400. The summed E-state index contributed by atoms with van der Waals surface area (Å²) in [4.78, 5) is 17.7. The molecule has 0 radical (unpaired) electrons. The third kappa shape index (κ3) is 3.94. The van der Waals surface area contributed by atoms with Gasteiger partial charge in [0.1, 0.15) is 0 Å². The predicted octanol–water partition coefficient (Wildman–Crippen LogP) is 5.73. The van der Waals surface area contributed by atoms with Gasteiger partial charge in [-0.15, -0.1) is 11.3 Å². The smallest absolute Gasteiger partial charge is 0.227 e. The Hall–Kier alpha value is -3.42. The molecule has 1 aliphatic heterocycles. The summed E-state index contributed by atoms with van der Waals surface area (Å²) in [6, 6.07) is 17.2. The third-order valence-corrected chi connectivity index (χ3v) is 7.39. The molecular weight excluding hydrogens is 428 g/mol. The molecule has 166 valence electrons. The highest BCUT2D eigenvalue weighted by molar-refractivity contribution is 7.17. The number of hydrogen-bond donors (Lipinski definition) is 2. The minimum Gasteiger partial charge on any atom is -0.369 e. The third-order valence-electron chi connectivity index (χ3n) is 6.49. The molecule has 3 aromatic heterocycles. The van der Waals surface area contributed by atoms with E-state index >= 15 is 0 Å². The van der Waals surface area contributed by atoms with Gasteiger partial charge in [0.05, 0.1) is 16.4 Å². The van der Waals surface area contributed by atoms with Crippen LogP contribution in [0.4, 0.5) is 17.3 Å². The zero-order chi connectivity index (χ0) is 22.2. The van der Waals surface area contributed by atoms with E-state index in [9.17, 15) is 0 Å². The Morgan fingerprint density at radius 3 is 2.70 bits per heavy atom. The van der Waals surface area contributed by atoms with Gasteiger partial charge in [-0.05, 0) is 53.9 Å². The monoisotopic (exact) mass is 454 g/mol. The minimum atomic E-state index is 0.618. The number of thiophene rings is 1. The fourth-order valence-electron chi connectivity index (χ4n) is 4.52. The first-order valence-corrected chi connectivity index (χ1v) is 12.3. The van der Waals surface area contributed by atoms with Crippen LogP contribution in [0.1, 0.15) is 6.92 Å². The van der Waals surface area contributed by atoms with Crippen molar-refractivity contribution in [3.8, 4) is 11.1 Å². The molecule has 0 aliphatic carbocycles. The Morgan fingerprint density at radius 2 is 1.88 bits per heavy atom. The predicted molar refractivity (Wildman–Crippen MR) is 139 cm³/mol. The van der Waals surface area contributed by atoms with E-state index in [-0.39, 0.29) is 0 Å². The molecule has 4 heterocycles. The fourth-order valence-corrected chi connectivity index (χ4v) is 5.39. The highest BCUT2D eigenvalue weighted by atomic mass is 32.1. The number of rotatable bonds is 5. The lowest BCUT2D eigenvalue weighted by Gasteiger charge is -2.35. The molecule has 2 N–H and O–H groups in total. The Labute approximate surface area is 196 Å². The largest absolute Gasteiger partial charge is 0.369 e. The van der Waals surface area contributed by atoms with Crippen LogP contribution in [-0.2, 0) is 0 Å². The van der Waals surface area contributed by atoms with Gasteiger partial charge in [0.2, 0.25) is 5.95 Å². The van der Waals surface area contributed by atoms with Crippen LogP contribution in [0.3, 0.4) is 0 Å². The highest BCUT2D eigenvalue weighted by Crippen LogP contribution is 2.34. The average molecular weight is 455 g/mol. The van der Waals surface area contributed by atoms with E-state index in [1.807, 2.05) is 12.4 Å².